The van der Waals surface area contributed by atoms with E-state index in [1.54, 1.807) is 6.92 Å². The number of carbonyl (C=O) groups excluding carboxylic acids is 2. The van der Waals surface area contributed by atoms with Gasteiger partial charge in [-0.3, -0.25) is 4.79 Å². The van der Waals surface area contributed by atoms with Crippen LogP contribution in [-0.4, -0.2) is 11.7 Å². The molecule has 1 amide bonds. The number of nitrogens with one attached hydrogen (secondary N) is 1. The number of unbranched alkanes of at least 4 members (excludes halogenated alkanes) is 1. The predicted molar refractivity (Wildman–Crippen MR) is 47.0 cm³/mol. The molecule has 1 N–H and O–H groups in total. The molecule has 0 saturated heterocycles. The maximum absolute atomic E-state index is 10.6. The first-order chi connectivity index (χ1) is 5.16. The summed E-state index contributed by atoms with van der Waals surface area (Å²) in [7, 11) is 2.16. The fourth-order valence-electron chi connectivity index (χ4n) is 0.732. The summed E-state index contributed by atoms with van der Waals surface area (Å²) in [6.07, 6.45) is 2.70. The molecular formula is C7H14NO2P. The summed E-state index contributed by atoms with van der Waals surface area (Å²) in [6.45, 7) is 1.57. The van der Waals surface area contributed by atoms with Crippen LogP contribution in [0, 0.1) is 0 Å². The van der Waals surface area contributed by atoms with Crippen molar-refractivity contribution in [1.29, 1.82) is 0 Å². The predicted octanol–water partition coefficient (Wildman–Crippen LogP) is 1.04. The third-order valence-electron chi connectivity index (χ3n) is 1.34. The van der Waals surface area contributed by atoms with E-state index in [0.717, 1.165) is 12.8 Å². The molecule has 0 heterocycles. The summed E-state index contributed by atoms with van der Waals surface area (Å²) in [5.74, 6) is 0.204. The Hall–Kier alpha value is -0.430. The maximum atomic E-state index is 10.6. The second-order valence-corrected chi connectivity index (χ2v) is 2.77. The zero-order chi connectivity index (χ0) is 8.69. The summed E-state index contributed by atoms with van der Waals surface area (Å²) in [6, 6.07) is 0. The molecule has 64 valence electrons. The standard InChI is InChI=1S/C7H14NO2P/c1-6(9)4-2-3-5-7(10)8-11/h2-5,11H2,1H3,(H,8,10). The van der Waals surface area contributed by atoms with Crippen LogP contribution in [0.2, 0.25) is 0 Å². The molecule has 0 aliphatic carbocycles. The Kier molecular flexibility index (Phi) is 6.05. The average molecular weight is 175 g/mol. The normalized spacial score (nSPS) is 9.27. The Bertz CT molecular complexity index is 147. The number of carbonyl (C=O) groups is 2. The number of Topliss-reactive ketones (excluding diaryl/α,β-unsaturated/α-hetero) is 1. The molecule has 0 fully saturated rings. The Labute approximate surface area is 69.2 Å². The van der Waals surface area contributed by atoms with Crippen LogP contribution in [0.15, 0.2) is 0 Å². The topological polar surface area (TPSA) is 46.2 Å². The molecule has 0 aliphatic rings. The first-order valence-electron chi connectivity index (χ1n) is 3.65. The van der Waals surface area contributed by atoms with Crippen LogP contribution < -0.4 is 5.09 Å². The minimum atomic E-state index is 0.0125. The van der Waals surface area contributed by atoms with Crippen LogP contribution in [0.4, 0.5) is 0 Å². The molecule has 0 spiro atoms. The fourth-order valence-corrected chi connectivity index (χ4v) is 0.876. The van der Waals surface area contributed by atoms with E-state index in [0.29, 0.717) is 12.8 Å². The summed E-state index contributed by atoms with van der Waals surface area (Å²) in [5.41, 5.74) is 0. The zero-order valence-electron chi connectivity index (χ0n) is 6.72. The Morgan fingerprint density at radius 3 is 2.27 bits per heavy atom. The monoisotopic (exact) mass is 175 g/mol. The fraction of sp³-hybridized carbons (Fsp3) is 0.714. The van der Waals surface area contributed by atoms with Gasteiger partial charge < -0.3 is 9.88 Å². The van der Waals surface area contributed by atoms with Gasteiger partial charge in [-0.2, -0.15) is 0 Å². The molecule has 0 aromatic heterocycles. The second-order valence-electron chi connectivity index (χ2n) is 2.48. The molecule has 0 saturated carbocycles. The van der Waals surface area contributed by atoms with Crippen molar-refractivity contribution < 1.29 is 9.59 Å². The lowest BCUT2D eigenvalue weighted by Gasteiger charge is -1.97. The van der Waals surface area contributed by atoms with Crippen LogP contribution in [-0.2, 0) is 9.59 Å². The van der Waals surface area contributed by atoms with Gasteiger partial charge in [-0.1, -0.05) is 0 Å². The number of hydrogen-bond donors (Lipinski definition) is 1. The molecule has 1 unspecified atom stereocenters. The zero-order valence-corrected chi connectivity index (χ0v) is 7.88. The van der Waals surface area contributed by atoms with Crippen LogP contribution >= 0.6 is 9.39 Å². The van der Waals surface area contributed by atoms with Crippen LogP contribution in [0.1, 0.15) is 32.6 Å². The van der Waals surface area contributed by atoms with Gasteiger partial charge in [0.15, 0.2) is 0 Å². The highest BCUT2D eigenvalue weighted by Gasteiger charge is 1.98. The molecule has 0 radical (unpaired) electrons. The number of amides is 1. The van der Waals surface area contributed by atoms with Crippen LogP contribution in [0.5, 0.6) is 0 Å². The summed E-state index contributed by atoms with van der Waals surface area (Å²) in [4.78, 5) is 21.1. The highest BCUT2D eigenvalue weighted by Crippen LogP contribution is 2.00. The van der Waals surface area contributed by atoms with Crippen molar-refractivity contribution in [3.8, 4) is 0 Å². The van der Waals surface area contributed by atoms with E-state index < -0.39 is 0 Å². The van der Waals surface area contributed by atoms with Gasteiger partial charge in [-0.25, -0.2) is 0 Å². The molecule has 0 rings (SSSR count). The van der Waals surface area contributed by atoms with Crippen molar-refractivity contribution >= 4 is 21.1 Å². The van der Waals surface area contributed by atoms with Crippen LogP contribution in [0.3, 0.4) is 0 Å². The molecule has 3 nitrogen and oxygen atoms in total. The average Bonchev–Trinajstić information content (AvgIpc) is 1.97. The highest BCUT2D eigenvalue weighted by atomic mass is 31.0. The molecule has 11 heavy (non-hydrogen) atoms. The molecule has 0 aromatic carbocycles. The van der Waals surface area contributed by atoms with Crippen molar-refractivity contribution in [3.63, 3.8) is 0 Å². The van der Waals surface area contributed by atoms with Crippen molar-refractivity contribution in [3.05, 3.63) is 0 Å². The van der Waals surface area contributed by atoms with Gasteiger partial charge in [0.25, 0.3) is 0 Å². The van der Waals surface area contributed by atoms with Gasteiger partial charge >= 0.3 is 0 Å². The second kappa shape index (κ2) is 6.29. The largest absolute Gasteiger partial charge is 0.341 e. The lowest BCUT2D eigenvalue weighted by molar-refractivity contribution is -0.120. The van der Waals surface area contributed by atoms with Gasteiger partial charge in [-0.15, -0.1) is 0 Å². The van der Waals surface area contributed by atoms with Gasteiger partial charge in [0.1, 0.15) is 5.78 Å². The van der Waals surface area contributed by atoms with E-state index in [1.807, 2.05) is 0 Å². The van der Waals surface area contributed by atoms with Crippen molar-refractivity contribution in [1.82, 2.24) is 5.09 Å². The molecule has 0 aromatic rings. The van der Waals surface area contributed by atoms with E-state index in [1.165, 1.54) is 0 Å². The van der Waals surface area contributed by atoms with E-state index >= 15 is 0 Å². The van der Waals surface area contributed by atoms with Crippen molar-refractivity contribution in [2.24, 2.45) is 0 Å². The van der Waals surface area contributed by atoms with Crippen molar-refractivity contribution in [2.45, 2.75) is 32.6 Å². The van der Waals surface area contributed by atoms with E-state index in [9.17, 15) is 9.59 Å². The maximum Gasteiger partial charge on any atom is 0.222 e. The Morgan fingerprint density at radius 2 is 1.82 bits per heavy atom. The Balaban J connectivity index is 3.14. The van der Waals surface area contributed by atoms with Gasteiger partial charge in [0, 0.05) is 12.8 Å². The summed E-state index contributed by atoms with van der Waals surface area (Å²) >= 11 is 0. The van der Waals surface area contributed by atoms with Gasteiger partial charge in [0.05, 0.1) is 0 Å². The molecule has 0 bridgehead atoms. The van der Waals surface area contributed by atoms with Crippen LogP contribution in [0.25, 0.3) is 0 Å². The lowest BCUT2D eigenvalue weighted by Crippen LogP contribution is -2.10. The number of ketones is 1. The molecule has 4 heteroatoms. The van der Waals surface area contributed by atoms with Crippen molar-refractivity contribution in [2.75, 3.05) is 0 Å². The first-order valence-corrected chi connectivity index (χ1v) is 4.23. The van der Waals surface area contributed by atoms with Gasteiger partial charge in [-0.05, 0) is 29.2 Å². The van der Waals surface area contributed by atoms with Gasteiger partial charge in [0.2, 0.25) is 5.91 Å². The molecular weight excluding hydrogens is 161 g/mol. The Morgan fingerprint density at radius 1 is 1.27 bits per heavy atom. The minimum absolute atomic E-state index is 0.0125. The number of hydrogen-bond acceptors (Lipinski definition) is 2. The smallest absolute Gasteiger partial charge is 0.222 e. The van der Waals surface area contributed by atoms with E-state index in [2.05, 4.69) is 14.5 Å². The number of rotatable bonds is 5. The lowest BCUT2D eigenvalue weighted by atomic mass is 10.1. The van der Waals surface area contributed by atoms with E-state index in [-0.39, 0.29) is 11.7 Å². The summed E-state index contributed by atoms with van der Waals surface area (Å²) in [5, 5.41) is 2.45. The molecule has 1 atom stereocenters. The summed E-state index contributed by atoms with van der Waals surface area (Å²) < 4.78 is 0. The van der Waals surface area contributed by atoms with E-state index in [4.69, 9.17) is 0 Å². The third-order valence-corrected chi connectivity index (χ3v) is 1.67. The minimum Gasteiger partial charge on any atom is -0.341 e. The quantitative estimate of drug-likeness (QED) is 0.501. The first kappa shape index (κ1) is 10.6. The third kappa shape index (κ3) is 7.47. The SMILES string of the molecule is CC(=O)CCCCC(=O)NP. The molecule has 0 aliphatic heterocycles. The highest BCUT2D eigenvalue weighted by molar-refractivity contribution is 7.15.